The van der Waals surface area contributed by atoms with Gasteiger partial charge in [0.05, 0.1) is 16.3 Å². The van der Waals surface area contributed by atoms with Gasteiger partial charge in [0.25, 0.3) is 0 Å². The molecule has 0 saturated carbocycles. The molecule has 0 bridgehead atoms. The van der Waals surface area contributed by atoms with Crippen molar-refractivity contribution in [3.05, 3.63) is 64.9 Å². The fourth-order valence-corrected chi connectivity index (χ4v) is 2.46. The largest absolute Gasteiger partial charge is 0.324 e. The molecule has 114 valence electrons. The van der Waals surface area contributed by atoms with Crippen LogP contribution in [0.5, 0.6) is 0 Å². The Morgan fingerprint density at radius 2 is 2.00 bits per heavy atom. The van der Waals surface area contributed by atoms with Crippen molar-refractivity contribution >= 4 is 11.9 Å². The molecule has 5 heteroatoms. The van der Waals surface area contributed by atoms with Gasteiger partial charge in [0.15, 0.2) is 6.17 Å². The molecule has 2 aromatic rings. The SMILES string of the molecule is CCC(N)[C@H]1N=c2cccc(F)c2=CN1Nc1ccccc1. The Morgan fingerprint density at radius 1 is 1.23 bits per heavy atom. The molecule has 3 rings (SSSR count). The Kier molecular flexibility index (Phi) is 4.06. The monoisotopic (exact) mass is 298 g/mol. The van der Waals surface area contributed by atoms with E-state index in [-0.39, 0.29) is 18.0 Å². The van der Waals surface area contributed by atoms with Crippen LogP contribution < -0.4 is 21.7 Å². The van der Waals surface area contributed by atoms with Crippen molar-refractivity contribution in [1.82, 2.24) is 5.01 Å². The molecule has 3 N–H and O–H groups in total. The molecule has 1 aliphatic rings. The van der Waals surface area contributed by atoms with Gasteiger partial charge in [-0.05, 0) is 30.7 Å². The number of para-hydroxylation sites is 1. The lowest BCUT2D eigenvalue weighted by molar-refractivity contribution is 0.295. The topological polar surface area (TPSA) is 53.6 Å². The first-order valence-electron chi connectivity index (χ1n) is 7.39. The van der Waals surface area contributed by atoms with Gasteiger partial charge in [-0.3, -0.25) is 15.4 Å². The fourth-order valence-electron chi connectivity index (χ4n) is 2.46. The standard InChI is InChI=1S/C17H19FN4/c1-2-15(19)17-20-16-10-6-9-14(18)13(16)11-22(17)21-12-7-4-3-5-8-12/h3-11,15,17,21H,2,19H2,1H3/t15?,17-/m0/s1. The van der Waals surface area contributed by atoms with Gasteiger partial charge in [-0.1, -0.05) is 31.2 Å². The number of anilines is 1. The highest BCUT2D eigenvalue weighted by atomic mass is 19.1. The smallest absolute Gasteiger partial charge is 0.154 e. The first-order valence-corrected chi connectivity index (χ1v) is 7.39. The summed E-state index contributed by atoms with van der Waals surface area (Å²) in [6.07, 6.45) is 2.24. The summed E-state index contributed by atoms with van der Waals surface area (Å²) < 4.78 is 14.0. The number of nitrogens with two attached hydrogens (primary N) is 1. The van der Waals surface area contributed by atoms with E-state index in [9.17, 15) is 4.39 Å². The third-order valence-corrected chi connectivity index (χ3v) is 3.74. The molecule has 2 atom stereocenters. The number of hydrogen-bond acceptors (Lipinski definition) is 4. The highest BCUT2D eigenvalue weighted by molar-refractivity contribution is 5.44. The quantitative estimate of drug-likeness (QED) is 0.901. The minimum absolute atomic E-state index is 0.149. The van der Waals surface area contributed by atoms with Crippen LogP contribution in [0, 0.1) is 5.82 Å². The number of hydrazine groups is 1. The Balaban J connectivity index is 2.03. The lowest BCUT2D eigenvalue weighted by Gasteiger charge is -2.34. The molecule has 0 radical (unpaired) electrons. The number of rotatable bonds is 4. The maximum absolute atomic E-state index is 14.0. The lowest BCUT2D eigenvalue weighted by atomic mass is 10.1. The molecular formula is C17H19FN4. The van der Waals surface area contributed by atoms with Crippen molar-refractivity contribution in [2.24, 2.45) is 10.7 Å². The Labute approximate surface area is 128 Å². The highest BCUT2D eigenvalue weighted by Crippen LogP contribution is 2.14. The van der Waals surface area contributed by atoms with Gasteiger partial charge in [0.1, 0.15) is 5.82 Å². The Morgan fingerprint density at radius 3 is 2.73 bits per heavy atom. The number of hydrogen-bond donors (Lipinski definition) is 2. The van der Waals surface area contributed by atoms with Crippen LogP contribution in [0.1, 0.15) is 13.3 Å². The molecule has 2 aromatic carbocycles. The normalized spacial score (nSPS) is 18.0. The summed E-state index contributed by atoms with van der Waals surface area (Å²) in [4.78, 5) is 4.62. The molecule has 1 unspecified atom stereocenters. The van der Waals surface area contributed by atoms with E-state index in [1.54, 1.807) is 17.3 Å². The number of halogens is 1. The van der Waals surface area contributed by atoms with Gasteiger partial charge in [0.2, 0.25) is 0 Å². The van der Waals surface area contributed by atoms with Crippen LogP contribution in [-0.2, 0) is 0 Å². The van der Waals surface area contributed by atoms with Crippen LogP contribution in [0.3, 0.4) is 0 Å². The molecule has 1 aliphatic heterocycles. The zero-order valence-corrected chi connectivity index (χ0v) is 12.4. The van der Waals surface area contributed by atoms with Crippen molar-refractivity contribution in [1.29, 1.82) is 0 Å². The maximum Gasteiger partial charge on any atom is 0.154 e. The molecular weight excluding hydrogens is 279 g/mol. The first-order chi connectivity index (χ1) is 10.7. The summed E-state index contributed by atoms with van der Waals surface area (Å²) in [5, 5.41) is 2.90. The van der Waals surface area contributed by atoms with Gasteiger partial charge in [-0.2, -0.15) is 0 Å². The molecule has 1 heterocycles. The van der Waals surface area contributed by atoms with Crippen molar-refractivity contribution in [3.63, 3.8) is 0 Å². The number of nitrogens with zero attached hydrogens (tertiary/aromatic N) is 2. The van der Waals surface area contributed by atoms with E-state index in [1.807, 2.05) is 43.3 Å². The third-order valence-electron chi connectivity index (χ3n) is 3.74. The lowest BCUT2D eigenvalue weighted by Crippen LogP contribution is -2.52. The molecule has 0 spiro atoms. The van der Waals surface area contributed by atoms with E-state index < -0.39 is 0 Å². The molecule has 0 aromatic heterocycles. The van der Waals surface area contributed by atoms with Crippen LogP contribution in [-0.4, -0.2) is 17.2 Å². The van der Waals surface area contributed by atoms with Crippen molar-refractivity contribution < 1.29 is 4.39 Å². The van der Waals surface area contributed by atoms with Crippen molar-refractivity contribution in [2.45, 2.75) is 25.6 Å². The summed E-state index contributed by atoms with van der Waals surface area (Å²) >= 11 is 0. The summed E-state index contributed by atoms with van der Waals surface area (Å²) in [7, 11) is 0. The van der Waals surface area contributed by atoms with E-state index in [4.69, 9.17) is 5.73 Å². The third kappa shape index (κ3) is 2.80. The zero-order valence-electron chi connectivity index (χ0n) is 12.4. The molecule has 22 heavy (non-hydrogen) atoms. The van der Waals surface area contributed by atoms with Crippen LogP contribution in [0.25, 0.3) is 6.20 Å². The molecule has 0 saturated heterocycles. The summed E-state index contributed by atoms with van der Waals surface area (Å²) in [6.45, 7) is 2.02. The van der Waals surface area contributed by atoms with Gasteiger partial charge >= 0.3 is 0 Å². The Hall–Kier alpha value is -2.40. The van der Waals surface area contributed by atoms with E-state index >= 15 is 0 Å². The first kappa shape index (κ1) is 14.5. The molecule has 0 amide bonds. The predicted octanol–water partition coefficient (Wildman–Crippen LogP) is 1.59. The Bertz CT molecular complexity index is 760. The van der Waals surface area contributed by atoms with Crippen LogP contribution >= 0.6 is 0 Å². The number of benzene rings is 2. The van der Waals surface area contributed by atoms with E-state index in [0.717, 1.165) is 12.1 Å². The summed E-state index contributed by atoms with van der Waals surface area (Å²) in [5.41, 5.74) is 10.4. The van der Waals surface area contributed by atoms with Gasteiger partial charge in [-0.25, -0.2) is 4.39 Å². The molecule has 4 nitrogen and oxygen atoms in total. The number of nitrogens with one attached hydrogen (secondary N) is 1. The second-order valence-corrected chi connectivity index (χ2v) is 5.30. The summed E-state index contributed by atoms with van der Waals surface area (Å²) in [6, 6.07) is 14.5. The second-order valence-electron chi connectivity index (χ2n) is 5.30. The fraction of sp³-hybridized carbons (Fsp3) is 0.235. The maximum atomic E-state index is 14.0. The minimum Gasteiger partial charge on any atom is -0.324 e. The molecule has 0 aliphatic carbocycles. The van der Waals surface area contributed by atoms with Crippen LogP contribution in [0.2, 0.25) is 0 Å². The second kappa shape index (κ2) is 6.15. The van der Waals surface area contributed by atoms with Crippen LogP contribution in [0.4, 0.5) is 10.1 Å². The van der Waals surface area contributed by atoms with Gasteiger partial charge < -0.3 is 5.73 Å². The molecule has 0 fully saturated rings. The minimum atomic E-state index is -0.287. The van der Waals surface area contributed by atoms with Crippen molar-refractivity contribution in [3.8, 4) is 0 Å². The average Bonchev–Trinajstić information content (AvgIpc) is 2.55. The van der Waals surface area contributed by atoms with E-state index in [1.165, 1.54) is 6.07 Å². The van der Waals surface area contributed by atoms with Gasteiger partial charge in [0, 0.05) is 12.2 Å². The van der Waals surface area contributed by atoms with Crippen LogP contribution in [0.15, 0.2) is 53.5 Å². The number of fused-ring (bicyclic) bond motifs is 1. The van der Waals surface area contributed by atoms with Gasteiger partial charge in [-0.15, -0.1) is 0 Å². The van der Waals surface area contributed by atoms with Crippen molar-refractivity contribution in [2.75, 3.05) is 5.43 Å². The highest BCUT2D eigenvalue weighted by Gasteiger charge is 2.24. The van der Waals surface area contributed by atoms with E-state index in [0.29, 0.717) is 10.6 Å². The summed E-state index contributed by atoms with van der Waals surface area (Å²) in [5.74, 6) is -0.287. The zero-order chi connectivity index (χ0) is 15.5. The average molecular weight is 298 g/mol. The van der Waals surface area contributed by atoms with E-state index in [2.05, 4.69) is 10.4 Å². The predicted molar refractivity (Wildman–Crippen MR) is 85.6 cm³/mol.